The van der Waals surface area contributed by atoms with E-state index in [9.17, 15) is 16.8 Å². The first-order valence-corrected chi connectivity index (χ1v) is 13.1. The minimum Gasteiger partial charge on any atom is -0.348 e. The van der Waals surface area contributed by atoms with Crippen molar-refractivity contribution in [1.82, 2.24) is 9.29 Å². The van der Waals surface area contributed by atoms with E-state index in [1.54, 1.807) is 29.5 Å². The van der Waals surface area contributed by atoms with Crippen LogP contribution >= 0.6 is 11.3 Å². The van der Waals surface area contributed by atoms with E-state index in [4.69, 9.17) is 0 Å². The third kappa shape index (κ3) is 4.02. The van der Waals surface area contributed by atoms with E-state index in [0.717, 1.165) is 45.6 Å². The predicted octanol–water partition coefficient (Wildman–Crippen LogP) is 2.95. The Balaban J connectivity index is 1.57. The number of rotatable bonds is 6. The molecule has 1 aromatic heterocycles. The second-order valence-electron chi connectivity index (χ2n) is 7.24. The van der Waals surface area contributed by atoms with Gasteiger partial charge < -0.3 is 4.90 Å². The van der Waals surface area contributed by atoms with Gasteiger partial charge in [-0.2, -0.15) is 0 Å². The molecule has 8 nitrogen and oxygen atoms in total. The van der Waals surface area contributed by atoms with Crippen molar-refractivity contribution in [2.45, 2.75) is 22.6 Å². The van der Waals surface area contributed by atoms with Crippen LogP contribution in [-0.2, 0) is 20.0 Å². The number of fused-ring (bicyclic) bond motifs is 1. The number of thiazole rings is 1. The molecule has 1 aliphatic rings. The van der Waals surface area contributed by atoms with Gasteiger partial charge in [-0.25, -0.2) is 26.1 Å². The van der Waals surface area contributed by atoms with Crippen LogP contribution in [0.25, 0.3) is 10.2 Å². The highest BCUT2D eigenvalue weighted by atomic mass is 32.2. The molecule has 0 atom stereocenters. The number of aromatic nitrogens is 1. The molecule has 0 amide bonds. The quantitative estimate of drug-likeness (QED) is 0.600. The molecule has 0 saturated carbocycles. The highest BCUT2D eigenvalue weighted by molar-refractivity contribution is 7.92. The highest BCUT2D eigenvalue weighted by Gasteiger charge is 2.21. The van der Waals surface area contributed by atoms with E-state index in [-0.39, 0.29) is 9.79 Å². The molecule has 1 fully saturated rings. The molecule has 0 aliphatic carbocycles. The number of hydrogen-bond donors (Lipinski definition) is 1. The molecule has 1 aliphatic heterocycles. The van der Waals surface area contributed by atoms with Gasteiger partial charge in [0.1, 0.15) is 0 Å². The zero-order chi connectivity index (χ0) is 21.5. The standard InChI is InChI=1S/C19H22N4O4S3/c1-22(2)30(26,27)16-8-6-15(7-9-16)29(24,25)21-14-5-10-17-18(13-14)28-19(20-17)23-11-3-4-12-23/h5-10,13,21H,3-4,11-12H2,1-2H3. The number of sulfonamides is 2. The molecular weight excluding hydrogens is 444 g/mol. The largest absolute Gasteiger partial charge is 0.348 e. The van der Waals surface area contributed by atoms with Crippen molar-refractivity contribution in [3.05, 3.63) is 42.5 Å². The molecule has 11 heteroatoms. The van der Waals surface area contributed by atoms with Crippen LogP contribution in [0.1, 0.15) is 12.8 Å². The number of hydrogen-bond acceptors (Lipinski definition) is 7. The van der Waals surface area contributed by atoms with Crippen LogP contribution in [0.3, 0.4) is 0 Å². The fraction of sp³-hybridized carbons (Fsp3) is 0.316. The summed E-state index contributed by atoms with van der Waals surface area (Å²) in [6.45, 7) is 2.00. The third-order valence-corrected chi connectivity index (χ3v) is 9.22. The number of nitrogens with zero attached hydrogens (tertiary/aromatic N) is 3. The molecule has 2 heterocycles. The van der Waals surface area contributed by atoms with Crippen LogP contribution in [0, 0.1) is 0 Å². The van der Waals surface area contributed by atoms with E-state index < -0.39 is 20.0 Å². The summed E-state index contributed by atoms with van der Waals surface area (Å²) in [7, 11) is -4.63. The molecule has 1 N–H and O–H groups in total. The summed E-state index contributed by atoms with van der Waals surface area (Å²) in [5, 5.41) is 0.959. The molecule has 4 rings (SSSR count). The first kappa shape index (κ1) is 21.0. The van der Waals surface area contributed by atoms with Gasteiger partial charge in [0.25, 0.3) is 10.0 Å². The molecule has 0 spiro atoms. The lowest BCUT2D eigenvalue weighted by Gasteiger charge is -2.12. The van der Waals surface area contributed by atoms with Crippen molar-refractivity contribution in [1.29, 1.82) is 0 Å². The monoisotopic (exact) mass is 466 g/mol. The summed E-state index contributed by atoms with van der Waals surface area (Å²) in [4.78, 5) is 6.91. The average molecular weight is 467 g/mol. The first-order valence-electron chi connectivity index (χ1n) is 9.38. The lowest BCUT2D eigenvalue weighted by molar-refractivity contribution is 0.520. The summed E-state index contributed by atoms with van der Waals surface area (Å²) in [6.07, 6.45) is 2.32. The molecule has 1 saturated heterocycles. The Morgan fingerprint density at radius 1 is 0.967 bits per heavy atom. The van der Waals surface area contributed by atoms with E-state index in [1.807, 2.05) is 0 Å². The van der Waals surface area contributed by atoms with Crippen molar-refractivity contribution in [2.24, 2.45) is 0 Å². The fourth-order valence-corrected chi connectivity index (χ4v) is 6.24. The van der Waals surface area contributed by atoms with Gasteiger partial charge in [-0.1, -0.05) is 11.3 Å². The van der Waals surface area contributed by atoms with Gasteiger partial charge in [0.05, 0.1) is 25.7 Å². The predicted molar refractivity (Wildman–Crippen MR) is 119 cm³/mol. The Labute approximate surface area is 180 Å². The molecule has 0 radical (unpaired) electrons. The number of anilines is 2. The van der Waals surface area contributed by atoms with Gasteiger partial charge in [0.15, 0.2) is 5.13 Å². The maximum absolute atomic E-state index is 12.8. The zero-order valence-corrected chi connectivity index (χ0v) is 19.0. The maximum Gasteiger partial charge on any atom is 0.261 e. The Kier molecular flexibility index (Phi) is 5.47. The van der Waals surface area contributed by atoms with Crippen molar-refractivity contribution < 1.29 is 16.8 Å². The first-order chi connectivity index (χ1) is 14.2. The van der Waals surface area contributed by atoms with E-state index in [0.29, 0.717) is 5.69 Å². The molecular formula is C19H22N4O4S3. The lowest BCUT2D eigenvalue weighted by Crippen LogP contribution is -2.22. The smallest absolute Gasteiger partial charge is 0.261 e. The average Bonchev–Trinajstić information content (AvgIpc) is 3.37. The van der Waals surface area contributed by atoms with Gasteiger partial charge in [-0.3, -0.25) is 4.72 Å². The van der Waals surface area contributed by atoms with Crippen LogP contribution in [0.15, 0.2) is 52.3 Å². The normalized spacial score (nSPS) is 15.2. The Hall–Kier alpha value is -2.21. The third-order valence-electron chi connectivity index (χ3n) is 4.92. The SMILES string of the molecule is CN(C)S(=O)(=O)c1ccc(S(=O)(=O)Nc2ccc3nc(N4CCCC4)sc3c2)cc1. The van der Waals surface area contributed by atoms with E-state index in [1.165, 1.54) is 38.4 Å². The van der Waals surface area contributed by atoms with Crippen LogP contribution < -0.4 is 9.62 Å². The van der Waals surface area contributed by atoms with Crippen molar-refractivity contribution in [3.8, 4) is 0 Å². The Bertz CT molecular complexity index is 1280. The van der Waals surface area contributed by atoms with Crippen molar-refractivity contribution in [2.75, 3.05) is 36.8 Å². The van der Waals surface area contributed by atoms with E-state index >= 15 is 0 Å². The summed E-state index contributed by atoms with van der Waals surface area (Å²) in [5.74, 6) is 0. The second kappa shape index (κ2) is 7.80. The Morgan fingerprint density at radius 3 is 2.23 bits per heavy atom. The zero-order valence-electron chi connectivity index (χ0n) is 16.6. The Morgan fingerprint density at radius 2 is 1.60 bits per heavy atom. The van der Waals surface area contributed by atoms with Gasteiger partial charge >= 0.3 is 0 Å². The summed E-state index contributed by atoms with van der Waals surface area (Å²) < 4.78 is 54.4. The van der Waals surface area contributed by atoms with E-state index in [2.05, 4.69) is 14.6 Å². The molecule has 0 bridgehead atoms. The van der Waals surface area contributed by atoms with Gasteiger partial charge in [0.2, 0.25) is 10.0 Å². The maximum atomic E-state index is 12.8. The van der Waals surface area contributed by atoms with Crippen LogP contribution in [0.5, 0.6) is 0 Å². The number of benzene rings is 2. The molecule has 0 unspecified atom stereocenters. The highest BCUT2D eigenvalue weighted by Crippen LogP contribution is 2.33. The second-order valence-corrected chi connectivity index (χ2v) is 12.1. The van der Waals surface area contributed by atoms with Gasteiger partial charge in [-0.05, 0) is 55.3 Å². The van der Waals surface area contributed by atoms with Crippen LogP contribution in [0.2, 0.25) is 0 Å². The van der Waals surface area contributed by atoms with Crippen LogP contribution in [0.4, 0.5) is 10.8 Å². The van der Waals surface area contributed by atoms with Crippen molar-refractivity contribution >= 4 is 52.4 Å². The fourth-order valence-electron chi connectivity index (χ4n) is 3.24. The molecule has 3 aromatic rings. The van der Waals surface area contributed by atoms with Gasteiger partial charge in [-0.15, -0.1) is 0 Å². The molecule has 30 heavy (non-hydrogen) atoms. The van der Waals surface area contributed by atoms with Crippen molar-refractivity contribution in [3.63, 3.8) is 0 Å². The number of nitrogens with one attached hydrogen (secondary N) is 1. The topological polar surface area (TPSA) is 99.7 Å². The lowest BCUT2D eigenvalue weighted by atomic mass is 10.3. The molecule has 2 aromatic carbocycles. The molecule has 160 valence electrons. The summed E-state index contributed by atoms with van der Waals surface area (Å²) in [5.41, 5.74) is 1.27. The van der Waals surface area contributed by atoms with Crippen LogP contribution in [-0.4, -0.2) is 53.3 Å². The minimum atomic E-state index is -3.86. The summed E-state index contributed by atoms with van der Waals surface area (Å²) >= 11 is 1.55. The summed E-state index contributed by atoms with van der Waals surface area (Å²) in [6, 6.07) is 10.4. The van der Waals surface area contributed by atoms with Gasteiger partial charge in [0, 0.05) is 27.2 Å². The minimum absolute atomic E-state index is 0.0117.